The van der Waals surface area contributed by atoms with Crippen molar-refractivity contribution >= 4 is 34.7 Å². The smallest absolute Gasteiger partial charge is 0.278 e. The van der Waals surface area contributed by atoms with Crippen LogP contribution in [-0.2, 0) is 14.4 Å². The molecule has 0 spiro atoms. The van der Waals surface area contributed by atoms with Gasteiger partial charge in [-0.25, -0.2) is 0 Å². The van der Waals surface area contributed by atoms with Gasteiger partial charge >= 0.3 is 0 Å². The minimum absolute atomic E-state index is 0.171. The molecule has 0 radical (unpaired) electrons. The molecule has 0 unspecified atom stereocenters. The first-order chi connectivity index (χ1) is 13.4. The van der Waals surface area contributed by atoms with Gasteiger partial charge in [-0.05, 0) is 48.7 Å². The predicted molar refractivity (Wildman–Crippen MR) is 109 cm³/mol. The van der Waals surface area contributed by atoms with E-state index in [0.29, 0.717) is 29.8 Å². The number of aryl methyl sites for hydroxylation is 1. The summed E-state index contributed by atoms with van der Waals surface area (Å²) in [5.41, 5.74) is 3.68. The molecule has 2 aromatic rings. The number of rotatable bonds is 6. The maximum Gasteiger partial charge on any atom is 0.278 e. The van der Waals surface area contributed by atoms with Gasteiger partial charge < -0.3 is 10.6 Å². The molecule has 0 fully saturated rings. The Balaban J connectivity index is 2.02. The average Bonchev–Trinajstić information content (AvgIpc) is 2.87. The van der Waals surface area contributed by atoms with Crippen LogP contribution in [0.15, 0.2) is 54.2 Å². The van der Waals surface area contributed by atoms with Crippen LogP contribution >= 0.6 is 0 Å². The molecular weight excluding hydrogens is 354 g/mol. The van der Waals surface area contributed by atoms with Crippen molar-refractivity contribution in [3.8, 4) is 0 Å². The zero-order valence-corrected chi connectivity index (χ0v) is 16.2. The van der Waals surface area contributed by atoms with Crippen molar-refractivity contribution in [1.29, 1.82) is 0 Å². The molecule has 2 N–H and O–H groups in total. The Hall–Kier alpha value is -3.41. The molecule has 0 saturated carbocycles. The molecule has 0 bridgehead atoms. The van der Waals surface area contributed by atoms with Crippen molar-refractivity contribution in [3.63, 3.8) is 0 Å². The highest BCUT2D eigenvalue weighted by Crippen LogP contribution is 2.31. The summed E-state index contributed by atoms with van der Waals surface area (Å²) in [6.07, 6.45) is 0.684. The Morgan fingerprint density at radius 1 is 1.00 bits per heavy atom. The number of carbonyl (C=O) groups excluding carboxylic acids is 3. The molecule has 6 nitrogen and oxygen atoms in total. The molecule has 1 aliphatic heterocycles. The number of amides is 3. The van der Waals surface area contributed by atoms with Crippen LogP contribution in [0, 0.1) is 6.92 Å². The van der Waals surface area contributed by atoms with Crippen molar-refractivity contribution in [2.24, 2.45) is 0 Å². The summed E-state index contributed by atoms with van der Waals surface area (Å²) in [6, 6.07) is 14.5. The van der Waals surface area contributed by atoms with Gasteiger partial charge in [0.05, 0.1) is 5.57 Å². The molecule has 1 aliphatic rings. The van der Waals surface area contributed by atoms with Crippen molar-refractivity contribution in [2.45, 2.75) is 27.2 Å². The first-order valence-electron chi connectivity index (χ1n) is 9.23. The molecule has 3 rings (SSSR count). The maximum atomic E-state index is 13.0. The lowest BCUT2D eigenvalue weighted by Crippen LogP contribution is -2.33. The molecule has 2 aromatic carbocycles. The fourth-order valence-corrected chi connectivity index (χ4v) is 3.18. The van der Waals surface area contributed by atoms with E-state index in [-0.39, 0.29) is 23.4 Å². The quantitative estimate of drug-likeness (QED) is 0.755. The second kappa shape index (κ2) is 8.08. The van der Waals surface area contributed by atoms with E-state index in [2.05, 4.69) is 10.6 Å². The van der Waals surface area contributed by atoms with Crippen LogP contribution < -0.4 is 10.6 Å². The summed E-state index contributed by atoms with van der Waals surface area (Å²) in [4.78, 5) is 38.4. The van der Waals surface area contributed by atoms with Gasteiger partial charge in [0, 0.05) is 24.8 Å². The van der Waals surface area contributed by atoms with Crippen molar-refractivity contribution < 1.29 is 14.4 Å². The highest BCUT2D eigenvalue weighted by Gasteiger charge is 2.38. The van der Waals surface area contributed by atoms with E-state index < -0.39 is 0 Å². The zero-order valence-electron chi connectivity index (χ0n) is 16.2. The molecule has 3 amide bonds. The van der Waals surface area contributed by atoms with Gasteiger partial charge in [-0.3, -0.25) is 19.3 Å². The topological polar surface area (TPSA) is 78.5 Å². The first-order valence-corrected chi connectivity index (χ1v) is 9.23. The van der Waals surface area contributed by atoms with Gasteiger partial charge in [-0.1, -0.05) is 31.2 Å². The first kappa shape index (κ1) is 19.4. The van der Waals surface area contributed by atoms with Crippen LogP contribution in [0.2, 0.25) is 0 Å². The van der Waals surface area contributed by atoms with Crippen LogP contribution in [0.4, 0.5) is 11.4 Å². The number of benzene rings is 2. The molecule has 0 aliphatic carbocycles. The normalized spacial score (nSPS) is 13.9. The Morgan fingerprint density at radius 3 is 2.32 bits per heavy atom. The van der Waals surface area contributed by atoms with E-state index in [1.54, 1.807) is 24.3 Å². The van der Waals surface area contributed by atoms with E-state index in [9.17, 15) is 14.4 Å². The molecular formula is C22H23N3O3. The second-order valence-electron chi connectivity index (χ2n) is 6.76. The summed E-state index contributed by atoms with van der Waals surface area (Å²) in [7, 11) is 0. The maximum absolute atomic E-state index is 13.0. The molecule has 1 heterocycles. The average molecular weight is 377 g/mol. The van der Waals surface area contributed by atoms with Crippen molar-refractivity contribution in [1.82, 2.24) is 4.90 Å². The van der Waals surface area contributed by atoms with E-state index in [1.807, 2.05) is 38.1 Å². The van der Waals surface area contributed by atoms with Gasteiger partial charge in [-0.2, -0.15) is 0 Å². The van der Waals surface area contributed by atoms with Crippen molar-refractivity contribution in [2.75, 3.05) is 17.2 Å². The molecule has 6 heteroatoms. The second-order valence-corrected chi connectivity index (χ2v) is 6.76. The SMILES string of the molecule is CCCN1C(=O)C(Nc2cccc(C)c2)=C(c2ccc(NC(C)=O)cc2)C1=O. The number of hydrogen-bond acceptors (Lipinski definition) is 4. The minimum Gasteiger partial charge on any atom is -0.350 e. The van der Waals surface area contributed by atoms with Gasteiger partial charge in [0.1, 0.15) is 5.70 Å². The number of imide groups is 1. The van der Waals surface area contributed by atoms with E-state index in [4.69, 9.17) is 0 Å². The molecule has 28 heavy (non-hydrogen) atoms. The lowest BCUT2D eigenvalue weighted by molar-refractivity contribution is -0.136. The largest absolute Gasteiger partial charge is 0.350 e. The van der Waals surface area contributed by atoms with Crippen molar-refractivity contribution in [3.05, 3.63) is 65.4 Å². The number of nitrogens with zero attached hydrogens (tertiary/aromatic N) is 1. The van der Waals surface area contributed by atoms with E-state index in [0.717, 1.165) is 11.3 Å². The summed E-state index contributed by atoms with van der Waals surface area (Å²) in [6.45, 7) is 5.69. The molecule has 0 aromatic heterocycles. The fourth-order valence-electron chi connectivity index (χ4n) is 3.18. The summed E-state index contributed by atoms with van der Waals surface area (Å²) >= 11 is 0. The Bertz CT molecular complexity index is 961. The lowest BCUT2D eigenvalue weighted by Gasteiger charge is -2.13. The van der Waals surface area contributed by atoms with Gasteiger partial charge in [-0.15, -0.1) is 0 Å². The van der Waals surface area contributed by atoms with Crippen LogP contribution in [0.1, 0.15) is 31.4 Å². The van der Waals surface area contributed by atoms with Crippen LogP contribution in [0.5, 0.6) is 0 Å². The third-order valence-electron chi connectivity index (χ3n) is 4.40. The number of hydrogen-bond donors (Lipinski definition) is 2. The predicted octanol–water partition coefficient (Wildman–Crippen LogP) is 3.56. The molecule has 0 saturated heterocycles. The molecule has 144 valence electrons. The van der Waals surface area contributed by atoms with Gasteiger partial charge in [0.25, 0.3) is 11.8 Å². The third kappa shape index (κ3) is 3.96. The summed E-state index contributed by atoms with van der Waals surface area (Å²) in [5.74, 6) is -0.807. The highest BCUT2D eigenvalue weighted by atomic mass is 16.2. The summed E-state index contributed by atoms with van der Waals surface area (Å²) in [5, 5.41) is 5.84. The van der Waals surface area contributed by atoms with Gasteiger partial charge in [0.2, 0.25) is 5.91 Å². The lowest BCUT2D eigenvalue weighted by atomic mass is 10.0. The zero-order chi connectivity index (χ0) is 20.3. The Kier molecular flexibility index (Phi) is 5.59. The fraction of sp³-hybridized carbons (Fsp3) is 0.227. The highest BCUT2D eigenvalue weighted by molar-refractivity contribution is 6.36. The Morgan fingerprint density at radius 2 is 1.71 bits per heavy atom. The van der Waals surface area contributed by atoms with E-state index in [1.165, 1.54) is 11.8 Å². The standard InChI is InChI=1S/C22H23N3O3/c1-4-12-25-21(27)19(16-8-10-17(11-9-16)23-15(3)26)20(22(25)28)24-18-7-5-6-14(2)13-18/h5-11,13,24H,4,12H2,1-3H3,(H,23,26). The Labute approximate surface area is 164 Å². The number of carbonyl (C=O) groups is 3. The van der Waals surface area contributed by atoms with E-state index >= 15 is 0 Å². The van der Waals surface area contributed by atoms with Crippen LogP contribution in [0.3, 0.4) is 0 Å². The number of anilines is 2. The molecule has 0 atom stereocenters. The monoisotopic (exact) mass is 377 g/mol. The van der Waals surface area contributed by atoms with Crippen LogP contribution in [-0.4, -0.2) is 29.2 Å². The third-order valence-corrected chi connectivity index (χ3v) is 4.40. The minimum atomic E-state index is -0.325. The number of nitrogens with one attached hydrogen (secondary N) is 2. The summed E-state index contributed by atoms with van der Waals surface area (Å²) < 4.78 is 0. The van der Waals surface area contributed by atoms with Gasteiger partial charge in [0.15, 0.2) is 0 Å². The van der Waals surface area contributed by atoms with Crippen LogP contribution in [0.25, 0.3) is 5.57 Å².